The predicted octanol–water partition coefficient (Wildman–Crippen LogP) is 5.29. The van der Waals surface area contributed by atoms with E-state index in [-0.39, 0.29) is 15.8 Å². The molecule has 2 aliphatic rings. The molecular weight excluding hydrogens is 278 g/mol. The SMILES string of the molecule is CC.CC1CCCP1c1ccccc1P1CCCC1C. The molecule has 112 valence electrons. The first-order chi connectivity index (χ1) is 9.77. The molecule has 0 radical (unpaired) electrons. The van der Waals surface area contributed by atoms with Crippen LogP contribution in [0.3, 0.4) is 0 Å². The zero-order chi connectivity index (χ0) is 14.5. The van der Waals surface area contributed by atoms with E-state index in [1.165, 1.54) is 38.0 Å². The molecule has 0 saturated carbocycles. The lowest BCUT2D eigenvalue weighted by atomic mass is 10.3. The summed E-state index contributed by atoms with van der Waals surface area (Å²) in [4.78, 5) is 0. The number of rotatable bonds is 2. The van der Waals surface area contributed by atoms with Crippen molar-refractivity contribution >= 4 is 26.5 Å². The van der Waals surface area contributed by atoms with Gasteiger partial charge in [0.05, 0.1) is 0 Å². The second-order valence-electron chi connectivity index (χ2n) is 5.86. The Morgan fingerprint density at radius 2 is 1.20 bits per heavy atom. The fourth-order valence-corrected chi connectivity index (χ4v) is 9.94. The van der Waals surface area contributed by atoms with Crippen molar-refractivity contribution in [1.82, 2.24) is 0 Å². The van der Waals surface area contributed by atoms with Gasteiger partial charge in [0, 0.05) is 0 Å². The summed E-state index contributed by atoms with van der Waals surface area (Å²) in [6.45, 7) is 8.97. The molecule has 0 aliphatic carbocycles. The Bertz CT molecular complexity index is 377. The molecule has 3 rings (SSSR count). The summed E-state index contributed by atoms with van der Waals surface area (Å²) in [7, 11) is 0.318. The molecule has 4 unspecified atom stereocenters. The number of benzene rings is 1. The molecule has 2 saturated heterocycles. The van der Waals surface area contributed by atoms with Crippen LogP contribution >= 0.6 is 15.8 Å². The fourth-order valence-electron chi connectivity index (χ4n) is 3.53. The van der Waals surface area contributed by atoms with Gasteiger partial charge in [-0.2, -0.15) is 0 Å². The first kappa shape index (κ1) is 16.5. The van der Waals surface area contributed by atoms with Gasteiger partial charge in [0.25, 0.3) is 0 Å². The Morgan fingerprint density at radius 3 is 1.50 bits per heavy atom. The van der Waals surface area contributed by atoms with E-state index >= 15 is 0 Å². The molecular formula is C18H30P2. The van der Waals surface area contributed by atoms with Gasteiger partial charge in [-0.3, -0.25) is 0 Å². The summed E-state index contributed by atoms with van der Waals surface area (Å²) in [6.07, 6.45) is 8.85. The van der Waals surface area contributed by atoms with Gasteiger partial charge in [-0.25, -0.2) is 0 Å². The molecule has 0 nitrogen and oxygen atoms in total. The van der Waals surface area contributed by atoms with Crippen LogP contribution in [0.2, 0.25) is 0 Å². The maximum Gasteiger partial charge on any atom is -0.0161 e. The maximum absolute atomic E-state index is 2.49. The molecule has 2 heteroatoms. The van der Waals surface area contributed by atoms with E-state index < -0.39 is 0 Å². The highest BCUT2D eigenvalue weighted by molar-refractivity contribution is 7.72. The molecule has 0 amide bonds. The predicted molar refractivity (Wildman–Crippen MR) is 98.0 cm³/mol. The minimum atomic E-state index is 0.159. The summed E-state index contributed by atoms with van der Waals surface area (Å²) in [6, 6.07) is 9.50. The summed E-state index contributed by atoms with van der Waals surface area (Å²) in [5.41, 5.74) is 1.93. The van der Waals surface area contributed by atoms with Crippen molar-refractivity contribution in [1.29, 1.82) is 0 Å². The van der Waals surface area contributed by atoms with E-state index in [4.69, 9.17) is 0 Å². The van der Waals surface area contributed by atoms with E-state index in [1.54, 1.807) is 10.6 Å². The molecule has 2 fully saturated rings. The van der Waals surface area contributed by atoms with E-state index in [9.17, 15) is 0 Å². The standard InChI is InChI=1S/C16H24P2.C2H6/c1-13-7-5-11-17(13)15-9-3-4-10-16(15)18-12-6-8-14(18)2;1-2/h3-4,9-10,13-14H,5-8,11-12H2,1-2H3;1-2H3. The zero-order valence-electron chi connectivity index (χ0n) is 13.6. The Hall–Kier alpha value is 0.0800. The molecule has 1 aromatic rings. The quantitative estimate of drug-likeness (QED) is 0.651. The lowest BCUT2D eigenvalue weighted by molar-refractivity contribution is 0.836. The maximum atomic E-state index is 2.49. The van der Waals surface area contributed by atoms with Crippen molar-refractivity contribution in [3.8, 4) is 0 Å². The van der Waals surface area contributed by atoms with Crippen LogP contribution in [0.25, 0.3) is 0 Å². The van der Waals surface area contributed by atoms with Crippen LogP contribution in [0.4, 0.5) is 0 Å². The van der Waals surface area contributed by atoms with E-state index in [0.717, 1.165) is 11.3 Å². The van der Waals surface area contributed by atoms with E-state index in [2.05, 4.69) is 38.1 Å². The average Bonchev–Trinajstić information content (AvgIpc) is 3.09. The summed E-state index contributed by atoms with van der Waals surface area (Å²) in [5.74, 6) is 0. The molecule has 4 atom stereocenters. The van der Waals surface area contributed by atoms with Crippen molar-refractivity contribution < 1.29 is 0 Å². The molecule has 0 aromatic heterocycles. The van der Waals surface area contributed by atoms with Crippen LogP contribution in [0.5, 0.6) is 0 Å². The first-order valence-corrected chi connectivity index (χ1v) is 11.6. The fraction of sp³-hybridized carbons (Fsp3) is 0.667. The van der Waals surface area contributed by atoms with E-state index in [1.807, 2.05) is 13.8 Å². The van der Waals surface area contributed by atoms with Crippen LogP contribution < -0.4 is 10.6 Å². The Balaban J connectivity index is 0.000000704. The van der Waals surface area contributed by atoms with E-state index in [0.29, 0.717) is 0 Å². The molecule has 0 spiro atoms. The first-order valence-electron chi connectivity index (χ1n) is 8.39. The zero-order valence-corrected chi connectivity index (χ0v) is 15.4. The molecule has 2 aliphatic heterocycles. The Morgan fingerprint density at radius 1 is 0.800 bits per heavy atom. The van der Waals surface area contributed by atoms with Gasteiger partial charge >= 0.3 is 0 Å². The number of hydrogen-bond acceptors (Lipinski definition) is 0. The van der Waals surface area contributed by atoms with Gasteiger partial charge in [0.2, 0.25) is 0 Å². The summed E-state index contributed by atoms with van der Waals surface area (Å²) >= 11 is 0. The normalized spacial score (nSPS) is 32.8. The van der Waals surface area contributed by atoms with Crippen LogP contribution in [0.1, 0.15) is 53.4 Å². The lowest BCUT2D eigenvalue weighted by Crippen LogP contribution is -2.25. The highest BCUT2D eigenvalue weighted by Crippen LogP contribution is 2.53. The highest BCUT2D eigenvalue weighted by Gasteiger charge is 2.31. The van der Waals surface area contributed by atoms with Crippen molar-refractivity contribution in [3.63, 3.8) is 0 Å². The van der Waals surface area contributed by atoms with Crippen molar-refractivity contribution in [2.45, 2.75) is 64.7 Å². The van der Waals surface area contributed by atoms with Crippen LogP contribution in [-0.4, -0.2) is 23.6 Å². The van der Waals surface area contributed by atoms with Crippen molar-refractivity contribution in [2.75, 3.05) is 12.3 Å². The molecule has 1 aromatic carbocycles. The van der Waals surface area contributed by atoms with Gasteiger partial charge < -0.3 is 0 Å². The second-order valence-corrected chi connectivity index (χ2v) is 11.4. The Labute approximate surface area is 128 Å². The van der Waals surface area contributed by atoms with Crippen LogP contribution in [0.15, 0.2) is 24.3 Å². The van der Waals surface area contributed by atoms with Gasteiger partial charge in [-0.05, 0) is 59.9 Å². The minimum Gasteiger partial charge on any atom is -0.0717 e. The van der Waals surface area contributed by atoms with Gasteiger partial charge in [0.15, 0.2) is 0 Å². The minimum absolute atomic E-state index is 0.159. The lowest BCUT2D eigenvalue weighted by Gasteiger charge is -2.25. The van der Waals surface area contributed by atoms with Gasteiger partial charge in [0.1, 0.15) is 0 Å². The summed E-state index contributed by atoms with van der Waals surface area (Å²) in [5, 5.41) is 3.58. The molecule has 2 heterocycles. The third kappa shape index (κ3) is 3.45. The molecule has 0 bridgehead atoms. The van der Waals surface area contributed by atoms with Gasteiger partial charge in [-0.15, -0.1) is 0 Å². The summed E-state index contributed by atoms with van der Waals surface area (Å²) < 4.78 is 0. The molecule has 0 N–H and O–H groups in total. The van der Waals surface area contributed by atoms with Crippen molar-refractivity contribution in [3.05, 3.63) is 24.3 Å². The van der Waals surface area contributed by atoms with Crippen LogP contribution in [-0.2, 0) is 0 Å². The largest absolute Gasteiger partial charge is 0.0717 e. The number of hydrogen-bond donors (Lipinski definition) is 0. The smallest absolute Gasteiger partial charge is 0.0161 e. The third-order valence-electron chi connectivity index (χ3n) is 4.61. The third-order valence-corrected chi connectivity index (χ3v) is 11.0. The Kier molecular flexibility index (Phi) is 6.51. The average molecular weight is 308 g/mol. The van der Waals surface area contributed by atoms with Crippen molar-refractivity contribution in [2.24, 2.45) is 0 Å². The van der Waals surface area contributed by atoms with Gasteiger partial charge in [-0.1, -0.05) is 67.8 Å². The second kappa shape index (κ2) is 7.91. The monoisotopic (exact) mass is 308 g/mol. The highest BCUT2D eigenvalue weighted by atomic mass is 31.1. The topological polar surface area (TPSA) is 0 Å². The van der Waals surface area contributed by atoms with Crippen LogP contribution in [0, 0.1) is 0 Å². The molecule has 20 heavy (non-hydrogen) atoms.